The Kier molecular flexibility index (Phi) is 11.2. The Morgan fingerprint density at radius 3 is 2.44 bits per heavy atom. The number of rotatable bonds is 10. The number of carbonyl (C=O) groups excluding carboxylic acids is 4. The topological polar surface area (TPSA) is 139 Å². The van der Waals surface area contributed by atoms with Gasteiger partial charge in [-0.1, -0.05) is 43.3 Å². The van der Waals surface area contributed by atoms with E-state index in [1.165, 1.54) is 0 Å². The van der Waals surface area contributed by atoms with E-state index in [-0.39, 0.29) is 36.6 Å². The summed E-state index contributed by atoms with van der Waals surface area (Å²) < 4.78 is 0. The van der Waals surface area contributed by atoms with Crippen LogP contribution in [0.15, 0.2) is 60.8 Å². The maximum Gasteiger partial charge on any atom is 0.244 e. The third-order valence-electron chi connectivity index (χ3n) is 10.1. The van der Waals surface area contributed by atoms with Gasteiger partial charge in [0.15, 0.2) is 0 Å². The number of nitrogens with zero attached hydrogens (tertiary/aromatic N) is 4. The Bertz CT molecular complexity index is 1710. The zero-order valence-corrected chi connectivity index (χ0v) is 29.1. The number of aromatic nitrogens is 1. The molecule has 4 N–H and O–H groups in total. The van der Waals surface area contributed by atoms with Crippen molar-refractivity contribution >= 4 is 35.1 Å². The summed E-state index contributed by atoms with van der Waals surface area (Å²) in [5, 5.41) is 12.4. The van der Waals surface area contributed by atoms with Crippen LogP contribution in [-0.4, -0.2) is 103 Å². The van der Waals surface area contributed by atoms with Gasteiger partial charge in [0.25, 0.3) is 0 Å². The molecule has 3 aliphatic rings. The molecular formula is C38H48N8O4. The molecule has 2 fully saturated rings. The number of hydrogen-bond acceptors (Lipinski definition) is 8. The Labute approximate surface area is 294 Å². The van der Waals surface area contributed by atoms with Gasteiger partial charge in [0, 0.05) is 63.0 Å². The van der Waals surface area contributed by atoms with E-state index in [1.54, 1.807) is 11.1 Å². The fourth-order valence-electron chi connectivity index (χ4n) is 7.15. The van der Waals surface area contributed by atoms with Gasteiger partial charge >= 0.3 is 0 Å². The molecule has 0 unspecified atom stereocenters. The fraction of sp³-hybridized carbons (Fsp3) is 0.447. The Hall–Kier alpha value is -4.65. The highest BCUT2D eigenvalue weighted by molar-refractivity contribution is 5.96. The normalized spacial score (nSPS) is 17.4. The number of piperazine rings is 1. The maximum absolute atomic E-state index is 14.4. The van der Waals surface area contributed by atoms with Gasteiger partial charge < -0.3 is 31.1 Å². The molecule has 6 rings (SSSR count). The van der Waals surface area contributed by atoms with Crippen LogP contribution in [0.3, 0.4) is 0 Å². The number of benzene rings is 2. The second-order valence-electron chi connectivity index (χ2n) is 13.9. The Morgan fingerprint density at radius 1 is 0.920 bits per heavy atom. The largest absolute Gasteiger partial charge is 0.339 e. The van der Waals surface area contributed by atoms with Gasteiger partial charge in [0.05, 0.1) is 13.0 Å². The third kappa shape index (κ3) is 8.55. The Balaban J connectivity index is 1.16. The molecular weight excluding hydrogens is 632 g/mol. The molecule has 2 saturated heterocycles. The molecule has 12 nitrogen and oxygen atoms in total. The molecule has 3 aromatic rings. The number of carbonyl (C=O) groups is 4. The second-order valence-corrected chi connectivity index (χ2v) is 13.9. The van der Waals surface area contributed by atoms with Crippen LogP contribution in [0, 0.1) is 5.41 Å². The van der Waals surface area contributed by atoms with E-state index in [0.29, 0.717) is 63.5 Å². The molecule has 4 amide bonds. The number of pyridine rings is 1. The molecule has 4 heterocycles. The lowest BCUT2D eigenvalue weighted by Gasteiger charge is -2.41. The van der Waals surface area contributed by atoms with Crippen molar-refractivity contribution < 1.29 is 19.2 Å². The van der Waals surface area contributed by atoms with Crippen LogP contribution in [0.25, 0.3) is 0 Å². The zero-order chi connectivity index (χ0) is 35.1. The van der Waals surface area contributed by atoms with Crippen LogP contribution in [0.2, 0.25) is 0 Å². The van der Waals surface area contributed by atoms with Crippen molar-refractivity contribution in [1.29, 1.82) is 0 Å². The molecule has 2 aromatic carbocycles. The summed E-state index contributed by atoms with van der Waals surface area (Å²) in [7, 11) is 1.89. The van der Waals surface area contributed by atoms with E-state index < -0.39 is 5.41 Å². The quantitative estimate of drug-likeness (QED) is 0.256. The predicted octanol–water partition coefficient (Wildman–Crippen LogP) is 2.39. The minimum atomic E-state index is -0.673. The number of nitrogens with one attached hydrogen (secondary N) is 4. The number of fused-ring (bicyclic) bond motifs is 2. The first-order chi connectivity index (χ1) is 24.2. The summed E-state index contributed by atoms with van der Waals surface area (Å²) in [6, 6.07) is 17.4. The summed E-state index contributed by atoms with van der Waals surface area (Å²) in [5.41, 5.74) is 4.71. The second kappa shape index (κ2) is 15.9. The highest BCUT2D eigenvalue weighted by Gasteiger charge is 2.40. The fourth-order valence-corrected chi connectivity index (χ4v) is 7.15. The van der Waals surface area contributed by atoms with E-state index in [1.807, 2.05) is 73.5 Å². The lowest BCUT2D eigenvalue weighted by molar-refractivity contribution is -0.147. The molecule has 50 heavy (non-hydrogen) atoms. The maximum atomic E-state index is 14.4. The van der Waals surface area contributed by atoms with Gasteiger partial charge in [-0.2, -0.15) is 0 Å². The molecule has 0 atom stereocenters. The van der Waals surface area contributed by atoms with E-state index in [4.69, 9.17) is 0 Å². The van der Waals surface area contributed by atoms with Crippen LogP contribution >= 0.6 is 0 Å². The number of piperidine rings is 1. The standard InChI is InChI=1S/C38H48N8O4/c1-38(11-16-44(17-12-38)26-35(49)45-18-14-40-15-19-45)37(50)46(24-30-7-4-3-6-29(30)23-39-2)25-34(48)42-32-10-9-27-20-28-8-5-13-41-36(28)43-33(47)22-31(27)21-32/h3-10,13,21,39-40H,11-12,14-20,22-26H2,1-2H3,(H,42,48)(H,41,43,47). The van der Waals surface area contributed by atoms with Gasteiger partial charge in [-0.25, -0.2) is 4.98 Å². The summed E-state index contributed by atoms with van der Waals surface area (Å²) >= 11 is 0. The first kappa shape index (κ1) is 35.2. The van der Waals surface area contributed by atoms with Crippen molar-refractivity contribution in [2.24, 2.45) is 5.41 Å². The lowest BCUT2D eigenvalue weighted by Crippen LogP contribution is -2.53. The highest BCUT2D eigenvalue weighted by Crippen LogP contribution is 2.34. The highest BCUT2D eigenvalue weighted by atomic mass is 16.2. The average Bonchev–Trinajstić information content (AvgIpc) is 3.11. The minimum Gasteiger partial charge on any atom is -0.339 e. The third-order valence-corrected chi connectivity index (χ3v) is 10.1. The molecule has 0 bridgehead atoms. The molecule has 12 heteroatoms. The molecule has 264 valence electrons. The van der Waals surface area contributed by atoms with Gasteiger partial charge in [0.2, 0.25) is 23.6 Å². The van der Waals surface area contributed by atoms with Crippen molar-refractivity contribution in [1.82, 2.24) is 30.3 Å². The van der Waals surface area contributed by atoms with E-state index in [0.717, 1.165) is 54.0 Å². The lowest BCUT2D eigenvalue weighted by atomic mass is 9.78. The van der Waals surface area contributed by atoms with Gasteiger partial charge in [-0.3, -0.25) is 24.1 Å². The van der Waals surface area contributed by atoms with Crippen molar-refractivity contribution in [3.63, 3.8) is 0 Å². The first-order valence-corrected chi connectivity index (χ1v) is 17.6. The smallest absolute Gasteiger partial charge is 0.244 e. The molecule has 3 aliphatic heterocycles. The summed E-state index contributed by atoms with van der Waals surface area (Å²) in [6.45, 7) is 7.52. The van der Waals surface area contributed by atoms with Crippen LogP contribution in [-0.2, 0) is 45.1 Å². The number of anilines is 2. The minimum absolute atomic E-state index is 0.0675. The van der Waals surface area contributed by atoms with Crippen LogP contribution in [0.5, 0.6) is 0 Å². The molecule has 0 spiro atoms. The van der Waals surface area contributed by atoms with E-state index in [2.05, 4.69) is 31.2 Å². The molecule has 1 aromatic heterocycles. The molecule has 0 aliphatic carbocycles. The predicted molar refractivity (Wildman–Crippen MR) is 192 cm³/mol. The van der Waals surface area contributed by atoms with Crippen molar-refractivity contribution in [2.75, 3.05) is 70.0 Å². The summed E-state index contributed by atoms with van der Waals surface area (Å²) in [4.78, 5) is 63.9. The summed E-state index contributed by atoms with van der Waals surface area (Å²) in [6.07, 6.45) is 3.64. The van der Waals surface area contributed by atoms with Gasteiger partial charge in [-0.05, 0) is 79.0 Å². The monoisotopic (exact) mass is 680 g/mol. The number of hydrogen-bond donors (Lipinski definition) is 4. The van der Waals surface area contributed by atoms with Crippen LogP contribution < -0.4 is 21.3 Å². The van der Waals surface area contributed by atoms with Crippen molar-refractivity contribution in [3.8, 4) is 0 Å². The first-order valence-electron chi connectivity index (χ1n) is 17.6. The van der Waals surface area contributed by atoms with Gasteiger partial charge in [0.1, 0.15) is 12.4 Å². The van der Waals surface area contributed by atoms with Crippen LogP contribution in [0.1, 0.15) is 47.6 Å². The van der Waals surface area contributed by atoms with Crippen molar-refractivity contribution in [3.05, 3.63) is 88.6 Å². The van der Waals surface area contributed by atoms with Crippen LogP contribution in [0.4, 0.5) is 11.5 Å². The van der Waals surface area contributed by atoms with E-state index in [9.17, 15) is 19.2 Å². The Morgan fingerprint density at radius 2 is 1.68 bits per heavy atom. The molecule has 0 radical (unpaired) electrons. The molecule has 0 saturated carbocycles. The average molecular weight is 681 g/mol. The SMILES string of the molecule is CNCc1ccccc1CN(CC(=O)Nc1ccc2c(c1)CC(=O)Nc1ncccc1C2)C(=O)C1(C)CCN(CC(=O)N2CCNCC2)CC1. The zero-order valence-electron chi connectivity index (χ0n) is 29.1. The van der Waals surface area contributed by atoms with E-state index >= 15 is 0 Å². The summed E-state index contributed by atoms with van der Waals surface area (Å²) in [5.74, 6) is 0.166. The number of amides is 4. The van der Waals surface area contributed by atoms with Gasteiger partial charge in [-0.15, -0.1) is 0 Å². The van der Waals surface area contributed by atoms with Crippen molar-refractivity contribution in [2.45, 2.75) is 45.7 Å². The number of likely N-dealkylation sites (tertiary alicyclic amines) is 1.